The molecular formula is C12H21ClN2O3. The minimum atomic E-state index is -0.470. The summed E-state index contributed by atoms with van der Waals surface area (Å²) in [6.07, 6.45) is 0.593. The van der Waals surface area contributed by atoms with Crippen molar-refractivity contribution >= 4 is 23.6 Å². The van der Waals surface area contributed by atoms with Gasteiger partial charge in [0.1, 0.15) is 11.5 Å². The van der Waals surface area contributed by atoms with Crippen LogP contribution in [0, 0.1) is 5.92 Å². The molecule has 0 aromatic rings. The molecule has 1 aliphatic heterocycles. The first kappa shape index (κ1) is 15.1. The Kier molecular flexibility index (Phi) is 5.26. The molecule has 0 spiro atoms. The molecule has 0 aliphatic carbocycles. The normalized spacial score (nSPS) is 19.8. The molecule has 1 N–H and O–H groups in total. The molecule has 0 aromatic carbocycles. The van der Waals surface area contributed by atoms with Gasteiger partial charge in [0.15, 0.2) is 0 Å². The Morgan fingerprint density at radius 2 is 2.11 bits per heavy atom. The zero-order valence-corrected chi connectivity index (χ0v) is 11.9. The molecule has 1 heterocycles. The molecule has 1 saturated heterocycles. The fourth-order valence-electron chi connectivity index (χ4n) is 1.80. The Balaban J connectivity index is 2.32. The van der Waals surface area contributed by atoms with Gasteiger partial charge in [-0.25, -0.2) is 4.79 Å². The Bertz CT molecular complexity index is 315. The van der Waals surface area contributed by atoms with E-state index in [0.29, 0.717) is 19.6 Å². The molecule has 104 valence electrons. The Morgan fingerprint density at radius 3 is 2.67 bits per heavy atom. The quantitative estimate of drug-likeness (QED) is 0.797. The van der Waals surface area contributed by atoms with E-state index in [1.807, 2.05) is 20.8 Å². The van der Waals surface area contributed by atoms with Crippen LogP contribution in [0.25, 0.3) is 0 Å². The van der Waals surface area contributed by atoms with Crippen LogP contribution in [0.15, 0.2) is 0 Å². The molecule has 0 aromatic heterocycles. The summed E-state index contributed by atoms with van der Waals surface area (Å²) in [6.45, 7) is 7.40. The van der Waals surface area contributed by atoms with Gasteiger partial charge in [0.25, 0.3) is 0 Å². The predicted octanol–water partition coefficient (Wildman–Crippen LogP) is 1.60. The van der Waals surface area contributed by atoms with E-state index in [4.69, 9.17) is 16.3 Å². The van der Waals surface area contributed by atoms with E-state index < -0.39 is 5.60 Å². The summed E-state index contributed by atoms with van der Waals surface area (Å²) in [4.78, 5) is 24.5. The molecule has 1 atom stereocenters. The third-order valence-corrected chi connectivity index (χ3v) is 2.89. The predicted molar refractivity (Wildman–Crippen MR) is 69.6 cm³/mol. The highest BCUT2D eigenvalue weighted by atomic mass is 35.5. The second-order valence-electron chi connectivity index (χ2n) is 5.52. The molecule has 0 bridgehead atoms. The lowest BCUT2D eigenvalue weighted by Crippen LogP contribution is -2.36. The maximum atomic E-state index is 11.8. The second kappa shape index (κ2) is 6.27. The van der Waals surface area contributed by atoms with Gasteiger partial charge in [-0.05, 0) is 33.1 Å². The minimum Gasteiger partial charge on any atom is -0.444 e. The maximum absolute atomic E-state index is 11.8. The molecule has 1 unspecified atom stereocenters. The third-order valence-electron chi connectivity index (χ3n) is 2.65. The molecule has 1 aliphatic rings. The number of carbonyl (C=O) groups is 2. The number of likely N-dealkylation sites (tertiary alicyclic amines) is 1. The number of rotatable bonds is 3. The van der Waals surface area contributed by atoms with Gasteiger partial charge in [0.05, 0.1) is 0 Å². The maximum Gasteiger partial charge on any atom is 0.410 e. The molecule has 5 nitrogen and oxygen atoms in total. The zero-order chi connectivity index (χ0) is 13.8. The summed E-state index contributed by atoms with van der Waals surface area (Å²) in [5, 5.41) is 2.73. The van der Waals surface area contributed by atoms with E-state index in [-0.39, 0.29) is 23.8 Å². The number of hydrogen-bond acceptors (Lipinski definition) is 3. The molecule has 6 heteroatoms. The van der Waals surface area contributed by atoms with Crippen molar-refractivity contribution in [2.45, 2.75) is 32.8 Å². The van der Waals surface area contributed by atoms with Crippen molar-refractivity contribution in [3.63, 3.8) is 0 Å². The number of halogens is 1. The van der Waals surface area contributed by atoms with Crippen molar-refractivity contribution in [1.29, 1.82) is 0 Å². The van der Waals surface area contributed by atoms with Crippen molar-refractivity contribution in [3.8, 4) is 0 Å². The van der Waals surface area contributed by atoms with Crippen LogP contribution in [0.4, 0.5) is 4.79 Å². The average molecular weight is 277 g/mol. The first-order chi connectivity index (χ1) is 8.31. The first-order valence-corrected chi connectivity index (χ1v) is 6.66. The lowest BCUT2D eigenvalue weighted by molar-refractivity contribution is -0.118. The molecule has 2 amide bonds. The highest BCUT2D eigenvalue weighted by Gasteiger charge is 2.29. The standard InChI is InChI=1S/C12H21ClN2O3/c1-12(2,3)18-11(17)15-5-4-9(8-15)7-14-10(16)6-13/h9H,4-8H2,1-3H3,(H,14,16). The monoisotopic (exact) mass is 276 g/mol. The van der Waals surface area contributed by atoms with Gasteiger partial charge in [-0.15, -0.1) is 11.6 Å². The lowest BCUT2D eigenvalue weighted by atomic mass is 10.1. The van der Waals surface area contributed by atoms with Crippen LogP contribution in [0.2, 0.25) is 0 Å². The molecular weight excluding hydrogens is 256 g/mol. The van der Waals surface area contributed by atoms with Crippen LogP contribution in [0.5, 0.6) is 0 Å². The van der Waals surface area contributed by atoms with E-state index in [9.17, 15) is 9.59 Å². The smallest absolute Gasteiger partial charge is 0.410 e. The van der Waals surface area contributed by atoms with Crippen molar-refractivity contribution < 1.29 is 14.3 Å². The fourth-order valence-corrected chi connectivity index (χ4v) is 1.89. The molecule has 0 radical (unpaired) electrons. The number of nitrogens with zero attached hydrogens (tertiary/aromatic N) is 1. The van der Waals surface area contributed by atoms with Gasteiger partial charge in [0.2, 0.25) is 5.91 Å². The lowest BCUT2D eigenvalue weighted by Gasteiger charge is -2.24. The summed E-state index contributed by atoms with van der Waals surface area (Å²) < 4.78 is 5.30. The summed E-state index contributed by atoms with van der Waals surface area (Å²) in [5.74, 6) is 0.0831. The summed E-state index contributed by atoms with van der Waals surface area (Å²) in [6, 6.07) is 0. The molecule has 1 fully saturated rings. The third kappa shape index (κ3) is 5.12. The largest absolute Gasteiger partial charge is 0.444 e. The zero-order valence-electron chi connectivity index (χ0n) is 11.2. The summed E-state index contributed by atoms with van der Waals surface area (Å²) >= 11 is 5.39. The fraction of sp³-hybridized carbons (Fsp3) is 0.833. The van der Waals surface area contributed by atoms with E-state index in [1.54, 1.807) is 4.90 Å². The van der Waals surface area contributed by atoms with Gasteiger partial charge in [-0.1, -0.05) is 0 Å². The van der Waals surface area contributed by atoms with Crippen LogP contribution in [0.3, 0.4) is 0 Å². The topological polar surface area (TPSA) is 58.6 Å². The van der Waals surface area contributed by atoms with Crippen LogP contribution in [-0.4, -0.2) is 48.0 Å². The molecule has 1 rings (SSSR count). The number of amides is 2. The number of hydrogen-bond donors (Lipinski definition) is 1. The second-order valence-corrected chi connectivity index (χ2v) is 5.79. The van der Waals surface area contributed by atoms with Gasteiger partial charge in [-0.2, -0.15) is 0 Å². The van der Waals surface area contributed by atoms with Crippen molar-refractivity contribution in [2.75, 3.05) is 25.5 Å². The summed E-state index contributed by atoms with van der Waals surface area (Å²) in [7, 11) is 0. The van der Waals surface area contributed by atoms with Crippen molar-refractivity contribution in [2.24, 2.45) is 5.92 Å². The van der Waals surface area contributed by atoms with Crippen LogP contribution >= 0.6 is 11.6 Å². The number of ether oxygens (including phenoxy) is 1. The Labute approximate surface area is 113 Å². The Morgan fingerprint density at radius 1 is 1.44 bits per heavy atom. The summed E-state index contributed by atoms with van der Waals surface area (Å²) in [5.41, 5.74) is -0.470. The van der Waals surface area contributed by atoms with Crippen LogP contribution < -0.4 is 5.32 Å². The Hall–Kier alpha value is -0.970. The highest BCUT2D eigenvalue weighted by Crippen LogP contribution is 2.18. The van der Waals surface area contributed by atoms with Gasteiger partial charge in [-0.3, -0.25) is 4.79 Å². The molecule has 18 heavy (non-hydrogen) atoms. The van der Waals surface area contributed by atoms with Gasteiger partial charge < -0.3 is 15.0 Å². The van der Waals surface area contributed by atoms with E-state index in [0.717, 1.165) is 6.42 Å². The van der Waals surface area contributed by atoms with Crippen LogP contribution in [-0.2, 0) is 9.53 Å². The number of alkyl halides is 1. The van der Waals surface area contributed by atoms with E-state index in [1.165, 1.54) is 0 Å². The van der Waals surface area contributed by atoms with Crippen molar-refractivity contribution in [1.82, 2.24) is 10.2 Å². The van der Waals surface area contributed by atoms with Crippen LogP contribution in [0.1, 0.15) is 27.2 Å². The molecule has 0 saturated carbocycles. The van der Waals surface area contributed by atoms with Gasteiger partial charge >= 0.3 is 6.09 Å². The van der Waals surface area contributed by atoms with E-state index >= 15 is 0 Å². The number of carbonyl (C=O) groups excluding carboxylic acids is 2. The number of nitrogens with one attached hydrogen (secondary N) is 1. The SMILES string of the molecule is CC(C)(C)OC(=O)N1CCC(CNC(=O)CCl)C1. The van der Waals surface area contributed by atoms with E-state index in [2.05, 4.69) is 5.32 Å². The first-order valence-electron chi connectivity index (χ1n) is 6.12. The average Bonchev–Trinajstić information content (AvgIpc) is 2.72. The minimum absolute atomic E-state index is 0.0253. The van der Waals surface area contributed by atoms with Crippen molar-refractivity contribution in [3.05, 3.63) is 0 Å². The highest BCUT2D eigenvalue weighted by molar-refractivity contribution is 6.27. The van der Waals surface area contributed by atoms with Gasteiger partial charge in [0, 0.05) is 19.6 Å².